The molecule has 0 amide bonds. The Morgan fingerprint density at radius 2 is 2.13 bits per heavy atom. The van der Waals surface area contributed by atoms with Gasteiger partial charge in [0.2, 0.25) is 0 Å². The van der Waals surface area contributed by atoms with E-state index in [-0.39, 0.29) is 12.1 Å². The van der Waals surface area contributed by atoms with E-state index in [0.29, 0.717) is 13.2 Å². The number of guanidine groups is 1. The highest BCUT2D eigenvalue weighted by Crippen LogP contribution is 2.27. The van der Waals surface area contributed by atoms with E-state index in [2.05, 4.69) is 50.8 Å². The summed E-state index contributed by atoms with van der Waals surface area (Å²) in [5, 5.41) is 11.5. The molecular formula is C21H33N7O2. The lowest BCUT2D eigenvalue weighted by atomic mass is 10.0. The van der Waals surface area contributed by atoms with Gasteiger partial charge in [-0.3, -0.25) is 4.99 Å². The van der Waals surface area contributed by atoms with Crippen LogP contribution in [0.3, 0.4) is 0 Å². The molecule has 2 N–H and O–H groups in total. The number of nitrogens with one attached hydrogen (secondary N) is 2. The quantitative estimate of drug-likeness (QED) is 0.495. The number of aliphatic imine (C=N–C) groups is 1. The van der Waals surface area contributed by atoms with Crippen molar-refractivity contribution in [1.82, 2.24) is 30.3 Å². The molecule has 2 unspecified atom stereocenters. The van der Waals surface area contributed by atoms with Crippen LogP contribution < -0.4 is 15.4 Å². The number of likely N-dealkylation sites (N-methyl/N-ethyl adjacent to an activating group) is 1. The van der Waals surface area contributed by atoms with Crippen molar-refractivity contribution >= 4 is 5.96 Å². The Bertz CT molecular complexity index is 850. The molecule has 0 fully saturated rings. The predicted octanol–water partition coefficient (Wildman–Crippen LogP) is 1.22. The maximum Gasteiger partial charge on any atom is 0.191 e. The van der Waals surface area contributed by atoms with E-state index in [0.717, 1.165) is 48.3 Å². The van der Waals surface area contributed by atoms with Crippen molar-refractivity contribution in [3.05, 3.63) is 41.5 Å². The molecule has 9 nitrogen and oxygen atoms in total. The number of hydrogen-bond acceptors (Lipinski definition) is 6. The number of nitrogens with zero attached hydrogens (tertiary/aromatic N) is 5. The molecule has 1 aromatic carbocycles. The summed E-state index contributed by atoms with van der Waals surface area (Å²) in [7, 11) is 9.30. The van der Waals surface area contributed by atoms with E-state index in [1.807, 2.05) is 22.9 Å². The van der Waals surface area contributed by atoms with Gasteiger partial charge < -0.3 is 25.0 Å². The number of para-hydroxylation sites is 1. The Hall–Kier alpha value is -2.65. The van der Waals surface area contributed by atoms with Crippen LogP contribution >= 0.6 is 0 Å². The maximum atomic E-state index is 5.56. The van der Waals surface area contributed by atoms with Gasteiger partial charge in [-0.1, -0.05) is 18.2 Å². The van der Waals surface area contributed by atoms with Crippen LogP contribution in [0, 0.1) is 0 Å². The van der Waals surface area contributed by atoms with E-state index in [9.17, 15) is 0 Å². The van der Waals surface area contributed by atoms with Gasteiger partial charge >= 0.3 is 0 Å². The lowest BCUT2D eigenvalue weighted by Crippen LogP contribution is -2.48. The predicted molar refractivity (Wildman–Crippen MR) is 117 cm³/mol. The first-order chi connectivity index (χ1) is 14.5. The number of rotatable bonds is 8. The van der Waals surface area contributed by atoms with Gasteiger partial charge in [0.1, 0.15) is 18.2 Å². The molecule has 1 aromatic heterocycles. The van der Waals surface area contributed by atoms with E-state index in [1.165, 1.54) is 0 Å². The van der Waals surface area contributed by atoms with Crippen molar-refractivity contribution in [1.29, 1.82) is 0 Å². The van der Waals surface area contributed by atoms with Crippen molar-refractivity contribution < 1.29 is 9.47 Å². The number of hydrogen-bond donors (Lipinski definition) is 2. The van der Waals surface area contributed by atoms with E-state index in [4.69, 9.17) is 9.47 Å². The number of ether oxygens (including phenoxy) is 2. The van der Waals surface area contributed by atoms with Gasteiger partial charge in [0, 0.05) is 38.7 Å². The zero-order chi connectivity index (χ0) is 21.5. The average molecular weight is 416 g/mol. The number of fused-ring (bicyclic) bond motifs is 1. The second-order valence-electron chi connectivity index (χ2n) is 7.61. The largest absolute Gasteiger partial charge is 0.496 e. The minimum Gasteiger partial charge on any atom is -0.496 e. The highest BCUT2D eigenvalue weighted by atomic mass is 16.5. The average Bonchev–Trinajstić information content (AvgIpc) is 3.15. The van der Waals surface area contributed by atoms with Crippen molar-refractivity contribution in [3.8, 4) is 5.75 Å². The van der Waals surface area contributed by atoms with Gasteiger partial charge in [-0.05, 0) is 26.6 Å². The van der Waals surface area contributed by atoms with Crippen LogP contribution in [0.25, 0.3) is 0 Å². The van der Waals surface area contributed by atoms with Gasteiger partial charge in [0.15, 0.2) is 11.8 Å². The normalized spacial score (nSPS) is 17.5. The smallest absolute Gasteiger partial charge is 0.191 e. The summed E-state index contributed by atoms with van der Waals surface area (Å²) in [6.45, 7) is 1.90. The number of benzene rings is 1. The molecule has 0 bridgehead atoms. The van der Waals surface area contributed by atoms with E-state index < -0.39 is 0 Å². The van der Waals surface area contributed by atoms with Crippen LogP contribution in [0.1, 0.15) is 29.7 Å². The molecule has 2 atom stereocenters. The first-order valence-electron chi connectivity index (χ1n) is 10.2. The molecule has 0 spiro atoms. The summed E-state index contributed by atoms with van der Waals surface area (Å²) in [4.78, 5) is 11.1. The molecule has 2 aromatic rings. The number of aromatic nitrogens is 3. The summed E-state index contributed by atoms with van der Waals surface area (Å²) in [6.07, 6.45) is 1.86. The molecule has 0 aliphatic carbocycles. The van der Waals surface area contributed by atoms with Crippen LogP contribution in [-0.2, 0) is 24.3 Å². The van der Waals surface area contributed by atoms with Gasteiger partial charge in [-0.15, -0.1) is 0 Å². The zero-order valence-corrected chi connectivity index (χ0v) is 18.6. The van der Waals surface area contributed by atoms with Crippen LogP contribution in [-0.4, -0.2) is 73.6 Å². The molecule has 164 valence electrons. The first-order valence-corrected chi connectivity index (χ1v) is 10.2. The molecule has 0 saturated heterocycles. The molecule has 1 aliphatic rings. The number of methoxy groups -OCH3 is 2. The van der Waals surface area contributed by atoms with Gasteiger partial charge in [0.05, 0.1) is 19.7 Å². The topological polar surface area (TPSA) is 88.8 Å². The first kappa shape index (κ1) is 22.0. The second kappa shape index (κ2) is 10.4. The summed E-state index contributed by atoms with van der Waals surface area (Å²) in [6, 6.07) is 8.51. The Balaban J connectivity index is 1.61. The van der Waals surface area contributed by atoms with Crippen LogP contribution in [0.2, 0.25) is 0 Å². The molecule has 3 rings (SSSR count). The minimum atomic E-state index is 0.143. The third-order valence-corrected chi connectivity index (χ3v) is 5.32. The van der Waals surface area contributed by atoms with E-state index >= 15 is 0 Å². The molecule has 9 heteroatoms. The summed E-state index contributed by atoms with van der Waals surface area (Å²) >= 11 is 0. The number of aryl methyl sites for hydroxylation is 1. The highest BCUT2D eigenvalue weighted by Gasteiger charge is 2.23. The third kappa shape index (κ3) is 5.28. The van der Waals surface area contributed by atoms with Crippen LogP contribution in [0.5, 0.6) is 5.75 Å². The van der Waals surface area contributed by atoms with Crippen molar-refractivity contribution in [3.63, 3.8) is 0 Å². The van der Waals surface area contributed by atoms with Crippen LogP contribution in [0.15, 0.2) is 29.3 Å². The fraction of sp³-hybridized carbons (Fsp3) is 0.571. The van der Waals surface area contributed by atoms with Gasteiger partial charge in [-0.2, -0.15) is 5.10 Å². The summed E-state index contributed by atoms with van der Waals surface area (Å²) < 4.78 is 12.7. The summed E-state index contributed by atoms with van der Waals surface area (Å²) in [5.74, 6) is 3.43. The lowest BCUT2D eigenvalue weighted by molar-refractivity contribution is 0.177. The minimum absolute atomic E-state index is 0.143. The fourth-order valence-corrected chi connectivity index (χ4v) is 3.76. The molecule has 1 aliphatic heterocycles. The molecular weight excluding hydrogens is 382 g/mol. The zero-order valence-electron chi connectivity index (χ0n) is 18.6. The SMILES string of the molecule is CN=C(NCC(c1ccccc1OC)N(C)C)NC1CCc2nc(COC)nn2C1. The van der Waals surface area contributed by atoms with Crippen molar-refractivity contribution in [2.45, 2.75) is 38.1 Å². The molecule has 30 heavy (non-hydrogen) atoms. The standard InChI is InChI=1S/C21H33N7O2/c1-22-21(23-12-17(27(2)3)16-8-6-7-9-18(16)30-5)24-15-10-11-20-25-19(14-29-4)26-28(20)13-15/h6-9,15,17H,10-14H2,1-5H3,(H2,22,23,24). The Morgan fingerprint density at radius 3 is 2.83 bits per heavy atom. The monoisotopic (exact) mass is 415 g/mol. The third-order valence-electron chi connectivity index (χ3n) is 5.32. The maximum absolute atomic E-state index is 5.56. The molecule has 0 saturated carbocycles. The molecule has 0 radical (unpaired) electrons. The van der Waals surface area contributed by atoms with E-state index in [1.54, 1.807) is 21.3 Å². The highest BCUT2D eigenvalue weighted by molar-refractivity contribution is 5.80. The van der Waals surface area contributed by atoms with Crippen molar-refractivity contribution in [2.75, 3.05) is 41.9 Å². The van der Waals surface area contributed by atoms with Crippen LogP contribution in [0.4, 0.5) is 0 Å². The Morgan fingerprint density at radius 1 is 1.33 bits per heavy atom. The Kier molecular flexibility index (Phi) is 7.64. The lowest BCUT2D eigenvalue weighted by Gasteiger charge is -2.29. The summed E-state index contributed by atoms with van der Waals surface area (Å²) in [5.41, 5.74) is 1.14. The van der Waals surface area contributed by atoms with Gasteiger partial charge in [0.25, 0.3) is 0 Å². The second-order valence-corrected chi connectivity index (χ2v) is 7.61. The fourth-order valence-electron chi connectivity index (χ4n) is 3.76. The molecule has 2 heterocycles. The van der Waals surface area contributed by atoms with Crippen molar-refractivity contribution in [2.24, 2.45) is 4.99 Å². The Labute approximate surface area is 178 Å². The van der Waals surface area contributed by atoms with Gasteiger partial charge in [-0.25, -0.2) is 9.67 Å².